The lowest BCUT2D eigenvalue weighted by Crippen LogP contribution is -2.57. The first kappa shape index (κ1) is 14.2. The maximum absolute atomic E-state index is 12.0. The average molecular weight is 268 g/mol. The number of hydrogen-bond donors (Lipinski definition) is 3. The minimum Gasteiger partial charge on any atom is -0.481 e. The van der Waals surface area contributed by atoms with Crippen LogP contribution in [0.2, 0.25) is 0 Å². The second-order valence-electron chi connectivity index (χ2n) is 6.28. The van der Waals surface area contributed by atoms with Crippen molar-refractivity contribution in [1.29, 1.82) is 0 Å². The van der Waals surface area contributed by atoms with Gasteiger partial charge in [-0.25, -0.2) is 4.79 Å². The van der Waals surface area contributed by atoms with E-state index >= 15 is 0 Å². The molecule has 0 aromatic heterocycles. The summed E-state index contributed by atoms with van der Waals surface area (Å²) in [5.74, 6) is -0.146. The Morgan fingerprint density at radius 2 is 1.84 bits per heavy atom. The summed E-state index contributed by atoms with van der Waals surface area (Å²) in [6.07, 6.45) is 6.74. The van der Waals surface area contributed by atoms with Crippen LogP contribution < -0.4 is 10.6 Å². The molecule has 5 heteroatoms. The highest BCUT2D eigenvalue weighted by atomic mass is 16.4. The van der Waals surface area contributed by atoms with Crippen LogP contribution >= 0.6 is 0 Å². The van der Waals surface area contributed by atoms with Crippen LogP contribution in [-0.2, 0) is 4.79 Å². The third kappa shape index (κ3) is 3.85. The van der Waals surface area contributed by atoms with Crippen molar-refractivity contribution in [3.05, 3.63) is 0 Å². The van der Waals surface area contributed by atoms with Gasteiger partial charge in [0.05, 0.1) is 12.0 Å². The quantitative estimate of drug-likeness (QED) is 0.731. The molecule has 2 aliphatic rings. The first-order valence-corrected chi connectivity index (χ1v) is 7.30. The van der Waals surface area contributed by atoms with E-state index in [1.807, 2.05) is 0 Å². The van der Waals surface area contributed by atoms with E-state index in [-0.39, 0.29) is 18.5 Å². The normalized spacial score (nSPS) is 29.1. The Morgan fingerprint density at radius 1 is 1.21 bits per heavy atom. The van der Waals surface area contributed by atoms with Gasteiger partial charge in [-0.05, 0) is 31.6 Å². The van der Waals surface area contributed by atoms with Gasteiger partial charge >= 0.3 is 12.0 Å². The Morgan fingerprint density at radius 3 is 2.37 bits per heavy atom. The predicted molar refractivity (Wildman–Crippen MR) is 71.9 cm³/mol. The number of carboxylic acid groups (broad SMARTS) is 1. The van der Waals surface area contributed by atoms with Gasteiger partial charge in [0.15, 0.2) is 0 Å². The highest BCUT2D eigenvalue weighted by Crippen LogP contribution is 2.31. The molecule has 0 unspecified atom stereocenters. The molecular weight excluding hydrogens is 244 g/mol. The van der Waals surface area contributed by atoms with Crippen molar-refractivity contribution in [2.45, 2.75) is 69.9 Å². The summed E-state index contributed by atoms with van der Waals surface area (Å²) in [6.45, 7) is 2.17. The number of nitrogens with one attached hydrogen (secondary N) is 2. The molecule has 0 bridgehead atoms. The number of hydrogen-bond acceptors (Lipinski definition) is 2. The summed E-state index contributed by atoms with van der Waals surface area (Å²) in [5.41, 5.74) is -0.538. The second kappa shape index (κ2) is 5.80. The Hall–Kier alpha value is -1.26. The molecule has 0 spiro atoms. The topological polar surface area (TPSA) is 78.4 Å². The van der Waals surface area contributed by atoms with E-state index in [0.717, 1.165) is 44.9 Å². The van der Waals surface area contributed by atoms with E-state index in [1.54, 1.807) is 0 Å². The Labute approximate surface area is 114 Å². The monoisotopic (exact) mass is 268 g/mol. The van der Waals surface area contributed by atoms with Crippen molar-refractivity contribution >= 4 is 12.0 Å². The number of carbonyl (C=O) groups excluding carboxylic acids is 1. The van der Waals surface area contributed by atoms with Gasteiger partial charge in [0.1, 0.15) is 0 Å². The molecule has 2 amide bonds. The fourth-order valence-corrected chi connectivity index (χ4v) is 3.35. The first-order chi connectivity index (χ1) is 8.99. The molecule has 2 fully saturated rings. The van der Waals surface area contributed by atoms with Gasteiger partial charge in [-0.1, -0.05) is 26.2 Å². The molecule has 108 valence electrons. The molecule has 0 radical (unpaired) electrons. The van der Waals surface area contributed by atoms with E-state index < -0.39 is 11.5 Å². The van der Waals surface area contributed by atoms with Crippen LogP contribution in [0.4, 0.5) is 4.79 Å². The Balaban J connectivity index is 1.87. The largest absolute Gasteiger partial charge is 0.481 e. The van der Waals surface area contributed by atoms with E-state index in [1.165, 1.54) is 0 Å². The number of carboxylic acids is 1. The molecule has 2 saturated carbocycles. The zero-order valence-electron chi connectivity index (χ0n) is 11.6. The van der Waals surface area contributed by atoms with Gasteiger partial charge in [-0.15, -0.1) is 0 Å². The van der Waals surface area contributed by atoms with E-state index in [4.69, 9.17) is 5.11 Å². The smallest absolute Gasteiger partial charge is 0.315 e. The maximum atomic E-state index is 12.0. The number of aliphatic carboxylic acids is 1. The van der Waals surface area contributed by atoms with Crippen LogP contribution in [0.1, 0.15) is 58.3 Å². The van der Waals surface area contributed by atoms with Gasteiger partial charge in [0.25, 0.3) is 0 Å². The van der Waals surface area contributed by atoms with Crippen molar-refractivity contribution in [2.75, 3.05) is 0 Å². The van der Waals surface area contributed by atoms with E-state index in [2.05, 4.69) is 17.6 Å². The van der Waals surface area contributed by atoms with Crippen LogP contribution in [0.15, 0.2) is 0 Å². The third-order valence-electron chi connectivity index (χ3n) is 4.39. The lowest BCUT2D eigenvalue weighted by Gasteiger charge is -2.39. The summed E-state index contributed by atoms with van der Waals surface area (Å²) in [7, 11) is 0. The zero-order valence-corrected chi connectivity index (χ0v) is 11.6. The maximum Gasteiger partial charge on any atom is 0.315 e. The molecular formula is C14H24N2O3. The average Bonchev–Trinajstić information content (AvgIpc) is 2.26. The van der Waals surface area contributed by atoms with Gasteiger partial charge in [0, 0.05) is 6.04 Å². The summed E-state index contributed by atoms with van der Waals surface area (Å²) in [6, 6.07) is 0.0699. The lowest BCUT2D eigenvalue weighted by molar-refractivity contribution is -0.139. The second-order valence-corrected chi connectivity index (χ2v) is 6.28. The third-order valence-corrected chi connectivity index (χ3v) is 4.39. The summed E-state index contributed by atoms with van der Waals surface area (Å²) < 4.78 is 0. The van der Waals surface area contributed by atoms with Crippen molar-refractivity contribution < 1.29 is 14.7 Å². The molecule has 0 saturated heterocycles. The Kier molecular flexibility index (Phi) is 4.32. The highest BCUT2D eigenvalue weighted by molar-refractivity contribution is 5.77. The Bertz CT molecular complexity index is 345. The van der Waals surface area contributed by atoms with Gasteiger partial charge in [-0.3, -0.25) is 4.79 Å². The van der Waals surface area contributed by atoms with E-state index in [9.17, 15) is 9.59 Å². The van der Waals surface area contributed by atoms with Crippen LogP contribution in [0.3, 0.4) is 0 Å². The number of carbonyl (C=O) groups is 2. The number of rotatable bonds is 4. The van der Waals surface area contributed by atoms with Crippen LogP contribution in [0, 0.1) is 5.92 Å². The van der Waals surface area contributed by atoms with Gasteiger partial charge < -0.3 is 15.7 Å². The molecule has 0 aliphatic heterocycles. The molecule has 3 N–H and O–H groups in total. The summed E-state index contributed by atoms with van der Waals surface area (Å²) in [5, 5.41) is 14.9. The van der Waals surface area contributed by atoms with Crippen LogP contribution in [-0.4, -0.2) is 28.7 Å². The van der Waals surface area contributed by atoms with Crippen molar-refractivity contribution in [2.24, 2.45) is 5.92 Å². The van der Waals surface area contributed by atoms with Crippen molar-refractivity contribution in [1.82, 2.24) is 10.6 Å². The first-order valence-electron chi connectivity index (χ1n) is 7.30. The minimum absolute atomic E-state index is 0.0293. The fourth-order valence-electron chi connectivity index (χ4n) is 3.35. The molecule has 0 aromatic carbocycles. The number of amides is 2. The van der Waals surface area contributed by atoms with Crippen molar-refractivity contribution in [3.8, 4) is 0 Å². The molecule has 19 heavy (non-hydrogen) atoms. The van der Waals surface area contributed by atoms with E-state index in [0.29, 0.717) is 5.92 Å². The van der Waals surface area contributed by atoms with Gasteiger partial charge in [-0.2, -0.15) is 0 Å². The fraction of sp³-hybridized carbons (Fsp3) is 0.857. The predicted octanol–water partition coefficient (Wildman–Crippen LogP) is 2.26. The molecule has 5 nitrogen and oxygen atoms in total. The summed E-state index contributed by atoms with van der Waals surface area (Å²) >= 11 is 0. The highest BCUT2D eigenvalue weighted by Gasteiger charge is 2.36. The van der Waals surface area contributed by atoms with Crippen molar-refractivity contribution in [3.63, 3.8) is 0 Å². The molecule has 0 heterocycles. The molecule has 2 rings (SSSR count). The molecule has 0 aromatic rings. The lowest BCUT2D eigenvalue weighted by atomic mass is 9.79. The minimum atomic E-state index is -0.834. The summed E-state index contributed by atoms with van der Waals surface area (Å²) in [4.78, 5) is 23.0. The SMILES string of the molecule is CC1CC(NC(=O)NC2(CC(=O)O)CCCCC2)C1. The zero-order chi connectivity index (χ0) is 13.9. The standard InChI is InChI=1S/C14H24N2O3/c1-10-7-11(8-10)15-13(19)16-14(9-12(17)18)5-3-2-4-6-14/h10-11H,2-9H2,1H3,(H,17,18)(H2,15,16,19). The molecule has 2 aliphatic carbocycles. The van der Waals surface area contributed by atoms with Crippen LogP contribution in [0.25, 0.3) is 0 Å². The van der Waals surface area contributed by atoms with Crippen LogP contribution in [0.5, 0.6) is 0 Å². The number of urea groups is 1. The van der Waals surface area contributed by atoms with Gasteiger partial charge in [0.2, 0.25) is 0 Å². The molecule has 0 atom stereocenters.